The van der Waals surface area contributed by atoms with Crippen LogP contribution in [0.4, 0.5) is 13.2 Å². The number of allylic oxidation sites excluding steroid dienone is 9. The third-order valence-electron chi connectivity index (χ3n) is 14.3. The number of benzene rings is 3. The summed E-state index contributed by atoms with van der Waals surface area (Å²) in [6, 6.07) is 24.3. The second-order valence-corrected chi connectivity index (χ2v) is 17.3. The Morgan fingerprint density at radius 3 is 2.13 bits per heavy atom. The highest BCUT2D eigenvalue weighted by atomic mass is 19.4. The zero-order valence-corrected chi connectivity index (χ0v) is 32.9. The third-order valence-corrected chi connectivity index (χ3v) is 14.3. The first-order valence-electron chi connectivity index (χ1n) is 20.6. The van der Waals surface area contributed by atoms with Crippen LogP contribution in [0, 0.1) is 34.5 Å². The molecule has 0 radical (unpaired) electrons. The molecule has 284 valence electrons. The molecule has 0 N–H and O–H groups in total. The SMILES string of the molecule is CCn1c2c(c3ccccc31)CC(C)(C1=CC(C)C(C3(C4=CC=C(c5ccc6c(c5)c5ccccc5n6CC)CC4C)CCC(C(F)(F)F)CC3)C=C1)C=C2. The lowest BCUT2D eigenvalue weighted by atomic mass is 9.53. The summed E-state index contributed by atoms with van der Waals surface area (Å²) >= 11 is 0. The van der Waals surface area contributed by atoms with E-state index in [2.05, 4.69) is 153 Å². The van der Waals surface area contributed by atoms with Gasteiger partial charge in [0.2, 0.25) is 0 Å². The van der Waals surface area contributed by atoms with Crippen molar-refractivity contribution in [3.63, 3.8) is 0 Å². The largest absolute Gasteiger partial charge is 0.391 e. The zero-order chi connectivity index (χ0) is 38.3. The van der Waals surface area contributed by atoms with Crippen molar-refractivity contribution >= 4 is 44.4 Å². The van der Waals surface area contributed by atoms with Crippen LogP contribution in [0.5, 0.6) is 0 Å². The van der Waals surface area contributed by atoms with Gasteiger partial charge in [0, 0.05) is 56.9 Å². The second kappa shape index (κ2) is 13.3. The molecular formula is C50H53F3N2. The van der Waals surface area contributed by atoms with Crippen LogP contribution in [0.1, 0.15) is 83.5 Å². The number of nitrogens with zero attached hydrogens (tertiary/aromatic N) is 2. The van der Waals surface area contributed by atoms with Gasteiger partial charge in [0.05, 0.1) is 5.92 Å². The van der Waals surface area contributed by atoms with Crippen LogP contribution >= 0.6 is 0 Å². The smallest absolute Gasteiger partial charge is 0.341 e. The molecule has 4 unspecified atom stereocenters. The normalized spacial score (nSPS) is 28.4. The Morgan fingerprint density at radius 2 is 1.45 bits per heavy atom. The maximum absolute atomic E-state index is 14.2. The molecule has 4 aliphatic carbocycles. The standard InChI is InChI=1S/C50H53F3N2/c1-6-54-44-14-10-8-12-38(44)40-30-35(17-21-46(40)54)34-16-19-42(32(3)28-34)49(26-22-36(23-27-49)50(51,52)53)43-20-18-37(29-33(43)4)48(5)25-24-47-41(31-48)39-13-9-11-15-45(39)55(47)7-2/h8-21,24-25,29-30,32-33,36,43H,6-7,22-23,26-28,31H2,1-5H3. The van der Waals surface area contributed by atoms with E-state index in [1.807, 2.05) is 0 Å². The van der Waals surface area contributed by atoms with E-state index in [1.54, 1.807) is 0 Å². The molecule has 4 aliphatic rings. The van der Waals surface area contributed by atoms with Gasteiger partial charge in [-0.25, -0.2) is 0 Å². The summed E-state index contributed by atoms with van der Waals surface area (Å²) in [6.45, 7) is 13.2. The molecule has 0 aliphatic heterocycles. The molecule has 4 atom stereocenters. The van der Waals surface area contributed by atoms with E-state index in [0.29, 0.717) is 12.8 Å². The average Bonchev–Trinajstić information content (AvgIpc) is 3.68. The fourth-order valence-electron chi connectivity index (χ4n) is 11.5. The number of halogens is 3. The second-order valence-electron chi connectivity index (χ2n) is 17.3. The van der Waals surface area contributed by atoms with Gasteiger partial charge in [-0.2, -0.15) is 13.2 Å². The predicted octanol–water partition coefficient (Wildman–Crippen LogP) is 13.9. The molecule has 5 aromatic rings. The summed E-state index contributed by atoms with van der Waals surface area (Å²) in [5, 5.41) is 3.89. The third kappa shape index (κ3) is 5.74. The van der Waals surface area contributed by atoms with Crippen LogP contribution in [-0.4, -0.2) is 15.3 Å². The van der Waals surface area contributed by atoms with Crippen LogP contribution < -0.4 is 0 Å². The van der Waals surface area contributed by atoms with Crippen LogP contribution in [0.2, 0.25) is 0 Å². The highest BCUT2D eigenvalue weighted by molar-refractivity contribution is 6.09. The molecule has 2 heterocycles. The van der Waals surface area contributed by atoms with E-state index in [-0.39, 0.29) is 41.4 Å². The van der Waals surface area contributed by atoms with Crippen molar-refractivity contribution in [1.29, 1.82) is 0 Å². The summed E-state index contributed by atoms with van der Waals surface area (Å²) in [5.74, 6) is -0.653. The van der Waals surface area contributed by atoms with E-state index in [9.17, 15) is 13.2 Å². The lowest BCUT2D eigenvalue weighted by molar-refractivity contribution is -0.188. The molecule has 55 heavy (non-hydrogen) atoms. The first-order valence-corrected chi connectivity index (χ1v) is 20.6. The molecule has 2 aromatic heterocycles. The number of fused-ring (bicyclic) bond motifs is 6. The molecule has 0 bridgehead atoms. The van der Waals surface area contributed by atoms with E-state index < -0.39 is 12.1 Å². The number of para-hydroxylation sites is 2. The molecule has 2 nitrogen and oxygen atoms in total. The average molecular weight is 739 g/mol. The van der Waals surface area contributed by atoms with Crippen molar-refractivity contribution in [3.05, 3.63) is 131 Å². The Hall–Kier alpha value is -4.51. The molecule has 1 fully saturated rings. The molecule has 1 saturated carbocycles. The van der Waals surface area contributed by atoms with Gasteiger partial charge in [-0.3, -0.25) is 0 Å². The Balaban J connectivity index is 1.06. The van der Waals surface area contributed by atoms with Crippen molar-refractivity contribution < 1.29 is 13.2 Å². The van der Waals surface area contributed by atoms with Gasteiger partial charge in [0.15, 0.2) is 0 Å². The van der Waals surface area contributed by atoms with Gasteiger partial charge in [-0.1, -0.05) is 105 Å². The van der Waals surface area contributed by atoms with Crippen molar-refractivity contribution in [3.8, 4) is 0 Å². The maximum atomic E-state index is 14.2. The minimum Gasteiger partial charge on any atom is -0.341 e. The van der Waals surface area contributed by atoms with E-state index >= 15 is 0 Å². The fraction of sp³-hybridized carbons (Fsp3) is 0.400. The highest BCUT2D eigenvalue weighted by Gasteiger charge is 2.52. The summed E-state index contributed by atoms with van der Waals surface area (Å²) in [6.07, 6.45) is 15.7. The van der Waals surface area contributed by atoms with Gasteiger partial charge in [0.1, 0.15) is 0 Å². The molecule has 0 spiro atoms. The van der Waals surface area contributed by atoms with Crippen molar-refractivity contribution in [2.75, 3.05) is 0 Å². The molecule has 3 aromatic carbocycles. The minimum atomic E-state index is -4.14. The predicted molar refractivity (Wildman–Crippen MR) is 224 cm³/mol. The number of aryl methyl sites for hydroxylation is 2. The molecule has 5 heteroatoms. The Kier molecular flexibility index (Phi) is 8.75. The van der Waals surface area contributed by atoms with Crippen LogP contribution in [0.3, 0.4) is 0 Å². The first-order chi connectivity index (χ1) is 26.5. The molecule has 0 amide bonds. The number of alkyl halides is 3. The van der Waals surface area contributed by atoms with E-state index in [0.717, 1.165) is 25.9 Å². The summed E-state index contributed by atoms with van der Waals surface area (Å²) in [5.41, 5.74) is 11.3. The number of hydrogen-bond acceptors (Lipinski definition) is 0. The number of aromatic nitrogens is 2. The van der Waals surface area contributed by atoms with Crippen molar-refractivity contribution in [1.82, 2.24) is 9.13 Å². The summed E-state index contributed by atoms with van der Waals surface area (Å²) < 4.78 is 47.3. The number of rotatable bonds is 6. The molecule has 0 saturated heterocycles. The van der Waals surface area contributed by atoms with Crippen LogP contribution in [0.15, 0.2) is 114 Å². The van der Waals surface area contributed by atoms with Crippen molar-refractivity contribution in [2.24, 2.45) is 34.5 Å². The fourth-order valence-corrected chi connectivity index (χ4v) is 11.5. The Labute approximate surface area is 323 Å². The number of hydrogen-bond donors (Lipinski definition) is 0. The topological polar surface area (TPSA) is 9.86 Å². The zero-order valence-electron chi connectivity index (χ0n) is 32.9. The lowest BCUT2D eigenvalue weighted by Gasteiger charge is -2.51. The summed E-state index contributed by atoms with van der Waals surface area (Å²) in [4.78, 5) is 0. The van der Waals surface area contributed by atoms with Gasteiger partial charge in [-0.15, -0.1) is 0 Å². The monoisotopic (exact) mass is 738 g/mol. The van der Waals surface area contributed by atoms with Gasteiger partial charge in [-0.05, 0) is 128 Å². The maximum Gasteiger partial charge on any atom is 0.391 e. The van der Waals surface area contributed by atoms with E-state index in [1.165, 1.54) is 66.2 Å². The van der Waals surface area contributed by atoms with Crippen molar-refractivity contribution in [2.45, 2.75) is 92.4 Å². The van der Waals surface area contributed by atoms with Gasteiger partial charge < -0.3 is 9.13 Å². The molecule has 9 rings (SSSR count). The quantitative estimate of drug-likeness (QED) is 0.164. The van der Waals surface area contributed by atoms with E-state index in [4.69, 9.17) is 0 Å². The Bertz CT molecular complexity index is 2470. The first kappa shape index (κ1) is 36.1. The lowest BCUT2D eigenvalue weighted by Crippen LogP contribution is -2.43. The van der Waals surface area contributed by atoms with Crippen LogP contribution in [0.25, 0.3) is 44.4 Å². The molecular weight excluding hydrogens is 686 g/mol. The highest BCUT2D eigenvalue weighted by Crippen LogP contribution is 2.59. The van der Waals surface area contributed by atoms with Gasteiger partial charge >= 0.3 is 6.18 Å². The Morgan fingerprint density at radius 1 is 0.782 bits per heavy atom. The minimum absolute atomic E-state index is 0.138. The summed E-state index contributed by atoms with van der Waals surface area (Å²) in [7, 11) is 0. The van der Waals surface area contributed by atoms with Crippen LogP contribution in [-0.2, 0) is 19.5 Å². The van der Waals surface area contributed by atoms with Gasteiger partial charge in [0.25, 0.3) is 0 Å².